The Morgan fingerprint density at radius 2 is 1.71 bits per heavy atom. The highest BCUT2D eigenvalue weighted by Gasteiger charge is 1.98. The number of methoxy groups -OCH3 is 1. The van der Waals surface area contributed by atoms with E-state index < -0.39 is 0 Å². The van der Waals surface area contributed by atoms with Gasteiger partial charge in [-0.2, -0.15) is 0 Å². The van der Waals surface area contributed by atoms with E-state index in [1.54, 1.807) is 7.11 Å². The summed E-state index contributed by atoms with van der Waals surface area (Å²) < 4.78 is 5.16. The van der Waals surface area contributed by atoms with Gasteiger partial charge >= 0.3 is 0 Å². The Bertz CT molecular complexity index is 401. The maximum Gasteiger partial charge on any atom is 0.190 e. The Labute approximate surface area is 129 Å². The van der Waals surface area contributed by atoms with E-state index >= 15 is 0 Å². The van der Waals surface area contributed by atoms with Gasteiger partial charge in [0.2, 0.25) is 0 Å². The number of ether oxygens (including phenoxy) is 1. The molecule has 1 aromatic rings. The number of nitrogens with one attached hydrogen (secondary N) is 2. The predicted molar refractivity (Wildman–Crippen MR) is 90.2 cm³/mol. The lowest BCUT2D eigenvalue weighted by molar-refractivity contribution is 0.414. The predicted octanol–water partition coefficient (Wildman–Crippen LogP) is 2.98. The third-order valence-electron chi connectivity index (χ3n) is 3.39. The molecular weight excluding hydrogens is 262 g/mol. The Kier molecular flexibility index (Phi) is 9.09. The first-order valence-electron chi connectivity index (χ1n) is 7.87. The summed E-state index contributed by atoms with van der Waals surface area (Å²) in [6.45, 7) is 4.14. The molecule has 0 radical (unpaired) electrons. The highest BCUT2D eigenvalue weighted by molar-refractivity contribution is 5.79. The molecule has 0 aliphatic carbocycles. The molecule has 0 unspecified atom stereocenters. The van der Waals surface area contributed by atoms with Crippen molar-refractivity contribution in [1.29, 1.82) is 0 Å². The SMILES string of the molecule is CCCCCNC(=NC)NCCCc1ccc(OC)cc1. The van der Waals surface area contributed by atoms with Gasteiger partial charge in [0.1, 0.15) is 5.75 Å². The molecule has 2 N–H and O–H groups in total. The fraction of sp³-hybridized carbons (Fsp3) is 0.588. The van der Waals surface area contributed by atoms with E-state index in [0.717, 1.165) is 37.6 Å². The molecule has 4 heteroatoms. The third kappa shape index (κ3) is 7.59. The summed E-state index contributed by atoms with van der Waals surface area (Å²) in [5.74, 6) is 1.81. The van der Waals surface area contributed by atoms with E-state index in [-0.39, 0.29) is 0 Å². The number of unbranched alkanes of at least 4 members (excludes halogenated alkanes) is 2. The third-order valence-corrected chi connectivity index (χ3v) is 3.39. The van der Waals surface area contributed by atoms with Crippen molar-refractivity contribution < 1.29 is 4.74 Å². The Morgan fingerprint density at radius 3 is 2.29 bits per heavy atom. The first-order valence-corrected chi connectivity index (χ1v) is 7.87. The summed E-state index contributed by atoms with van der Waals surface area (Å²) in [5, 5.41) is 6.69. The van der Waals surface area contributed by atoms with Crippen molar-refractivity contribution in [2.75, 3.05) is 27.2 Å². The Morgan fingerprint density at radius 1 is 1.05 bits per heavy atom. The zero-order chi connectivity index (χ0) is 15.3. The van der Waals surface area contributed by atoms with Crippen molar-refractivity contribution in [3.05, 3.63) is 29.8 Å². The second-order valence-corrected chi connectivity index (χ2v) is 5.08. The summed E-state index contributed by atoms with van der Waals surface area (Å²) in [6.07, 6.45) is 5.85. The van der Waals surface area contributed by atoms with Crippen LogP contribution in [0, 0.1) is 0 Å². The second-order valence-electron chi connectivity index (χ2n) is 5.08. The first-order chi connectivity index (χ1) is 10.3. The van der Waals surface area contributed by atoms with E-state index in [1.807, 2.05) is 19.2 Å². The fourth-order valence-electron chi connectivity index (χ4n) is 2.09. The number of hydrogen-bond acceptors (Lipinski definition) is 2. The van der Waals surface area contributed by atoms with Crippen LogP contribution in [0.4, 0.5) is 0 Å². The van der Waals surface area contributed by atoms with Crippen molar-refractivity contribution in [2.24, 2.45) is 4.99 Å². The maximum absolute atomic E-state index is 5.16. The van der Waals surface area contributed by atoms with Crippen LogP contribution < -0.4 is 15.4 Å². The maximum atomic E-state index is 5.16. The number of benzene rings is 1. The van der Waals surface area contributed by atoms with Gasteiger partial charge in [0, 0.05) is 20.1 Å². The van der Waals surface area contributed by atoms with Crippen molar-refractivity contribution in [1.82, 2.24) is 10.6 Å². The van der Waals surface area contributed by atoms with E-state index in [0.29, 0.717) is 0 Å². The molecule has 0 amide bonds. The molecule has 21 heavy (non-hydrogen) atoms. The van der Waals surface area contributed by atoms with Crippen LogP contribution in [0.2, 0.25) is 0 Å². The molecule has 0 saturated heterocycles. The molecular formula is C17H29N3O. The largest absolute Gasteiger partial charge is 0.497 e. The van der Waals surface area contributed by atoms with Gasteiger partial charge in [-0.15, -0.1) is 0 Å². The van der Waals surface area contributed by atoms with Crippen LogP contribution in [-0.2, 0) is 6.42 Å². The molecule has 118 valence electrons. The quantitative estimate of drug-likeness (QED) is 0.418. The first kappa shape index (κ1) is 17.3. The van der Waals surface area contributed by atoms with Crippen LogP contribution in [-0.4, -0.2) is 33.2 Å². The van der Waals surface area contributed by atoms with Crippen LogP contribution in [0.3, 0.4) is 0 Å². The molecule has 0 aromatic heterocycles. The monoisotopic (exact) mass is 291 g/mol. The van der Waals surface area contributed by atoms with E-state index in [1.165, 1.54) is 24.8 Å². The number of guanidine groups is 1. The molecule has 0 saturated carbocycles. The average molecular weight is 291 g/mol. The summed E-state index contributed by atoms with van der Waals surface area (Å²) in [4.78, 5) is 4.23. The number of rotatable bonds is 9. The van der Waals surface area contributed by atoms with Gasteiger partial charge in [0.05, 0.1) is 7.11 Å². The molecule has 1 aromatic carbocycles. The molecule has 0 fully saturated rings. The number of aryl methyl sites for hydroxylation is 1. The second kappa shape index (κ2) is 11.0. The molecule has 1 rings (SSSR count). The van der Waals surface area contributed by atoms with Gasteiger partial charge in [0.25, 0.3) is 0 Å². The van der Waals surface area contributed by atoms with Crippen LogP contribution in [0.15, 0.2) is 29.3 Å². The minimum Gasteiger partial charge on any atom is -0.497 e. The summed E-state index contributed by atoms with van der Waals surface area (Å²) in [5.41, 5.74) is 1.34. The number of hydrogen-bond donors (Lipinski definition) is 2. The molecule has 0 spiro atoms. The van der Waals surface area contributed by atoms with Crippen LogP contribution in [0.1, 0.15) is 38.2 Å². The molecule has 0 atom stereocenters. The normalized spacial score (nSPS) is 11.3. The minimum absolute atomic E-state index is 0.904. The lowest BCUT2D eigenvalue weighted by atomic mass is 10.1. The van der Waals surface area contributed by atoms with Gasteiger partial charge in [-0.3, -0.25) is 4.99 Å². The number of nitrogens with zero attached hydrogens (tertiary/aromatic N) is 1. The average Bonchev–Trinajstić information content (AvgIpc) is 2.54. The summed E-state index contributed by atoms with van der Waals surface area (Å²) in [6, 6.07) is 8.27. The Balaban J connectivity index is 2.16. The smallest absolute Gasteiger partial charge is 0.190 e. The van der Waals surface area contributed by atoms with Crippen LogP contribution in [0.25, 0.3) is 0 Å². The molecule has 0 aliphatic rings. The van der Waals surface area contributed by atoms with Crippen LogP contribution in [0.5, 0.6) is 5.75 Å². The molecule has 0 heterocycles. The van der Waals surface area contributed by atoms with Gasteiger partial charge in [-0.05, 0) is 37.0 Å². The van der Waals surface area contributed by atoms with E-state index in [2.05, 4.69) is 34.7 Å². The summed E-state index contributed by atoms with van der Waals surface area (Å²) in [7, 11) is 3.51. The van der Waals surface area contributed by atoms with E-state index in [9.17, 15) is 0 Å². The van der Waals surface area contributed by atoms with Crippen molar-refractivity contribution in [3.8, 4) is 5.75 Å². The molecule has 4 nitrogen and oxygen atoms in total. The fourth-order valence-corrected chi connectivity index (χ4v) is 2.09. The Hall–Kier alpha value is -1.71. The highest BCUT2D eigenvalue weighted by atomic mass is 16.5. The highest BCUT2D eigenvalue weighted by Crippen LogP contribution is 2.12. The lowest BCUT2D eigenvalue weighted by Gasteiger charge is -2.11. The molecule has 0 aliphatic heterocycles. The standard InChI is InChI=1S/C17H29N3O/c1-4-5-6-13-19-17(18-2)20-14-7-8-15-9-11-16(21-3)12-10-15/h9-12H,4-8,13-14H2,1-3H3,(H2,18,19,20). The van der Waals surface area contributed by atoms with Gasteiger partial charge in [-0.25, -0.2) is 0 Å². The van der Waals surface area contributed by atoms with Crippen molar-refractivity contribution in [2.45, 2.75) is 39.0 Å². The van der Waals surface area contributed by atoms with Crippen LogP contribution >= 0.6 is 0 Å². The number of aliphatic imine (C=N–C) groups is 1. The summed E-state index contributed by atoms with van der Waals surface area (Å²) >= 11 is 0. The van der Waals surface area contributed by atoms with Gasteiger partial charge in [0.15, 0.2) is 5.96 Å². The van der Waals surface area contributed by atoms with Gasteiger partial charge < -0.3 is 15.4 Å². The van der Waals surface area contributed by atoms with Gasteiger partial charge in [-0.1, -0.05) is 31.9 Å². The van der Waals surface area contributed by atoms with Crippen molar-refractivity contribution in [3.63, 3.8) is 0 Å². The topological polar surface area (TPSA) is 45.7 Å². The zero-order valence-electron chi connectivity index (χ0n) is 13.6. The van der Waals surface area contributed by atoms with Crippen molar-refractivity contribution >= 4 is 5.96 Å². The zero-order valence-corrected chi connectivity index (χ0v) is 13.6. The molecule has 0 bridgehead atoms. The minimum atomic E-state index is 0.904. The lowest BCUT2D eigenvalue weighted by Crippen LogP contribution is -2.38. The van der Waals surface area contributed by atoms with E-state index in [4.69, 9.17) is 4.74 Å².